The van der Waals surface area contributed by atoms with Gasteiger partial charge in [-0.3, -0.25) is 5.41 Å². The Kier molecular flexibility index (Phi) is 1.30. The molecule has 0 radical (unpaired) electrons. The molecule has 0 atom stereocenters. The summed E-state index contributed by atoms with van der Waals surface area (Å²) in [7, 11) is 0. The molecule has 0 saturated carbocycles. The lowest BCUT2D eigenvalue weighted by Crippen LogP contribution is -1.98. The molecule has 0 aliphatic carbocycles. The average molecular weight is 180 g/mol. The zero-order chi connectivity index (χ0) is 9.54. The van der Waals surface area contributed by atoms with Crippen molar-refractivity contribution in [3.05, 3.63) is 47.9 Å². The third kappa shape index (κ3) is 0.832. The SMILES string of the molecule is N=C=c1ccn2cc3cccc3cc12. The molecule has 0 bridgehead atoms. The minimum absolute atomic E-state index is 0.841. The lowest BCUT2D eigenvalue weighted by molar-refractivity contribution is 1.22. The maximum absolute atomic E-state index is 7.15. The maximum Gasteiger partial charge on any atom is 0.0622 e. The van der Waals surface area contributed by atoms with Crippen molar-refractivity contribution in [3.8, 4) is 0 Å². The van der Waals surface area contributed by atoms with Gasteiger partial charge in [-0.1, -0.05) is 18.2 Å². The quantitative estimate of drug-likeness (QED) is 0.510. The number of aromatic nitrogens is 1. The predicted molar refractivity (Wildman–Crippen MR) is 57.0 cm³/mol. The minimum atomic E-state index is 0.841. The molecule has 0 unspecified atom stereocenters. The monoisotopic (exact) mass is 180 g/mol. The lowest BCUT2D eigenvalue weighted by atomic mass is 10.2. The molecule has 1 N–H and O–H groups in total. The molecule has 2 heteroatoms. The summed E-state index contributed by atoms with van der Waals surface area (Å²) in [5.41, 5.74) is 1.04. The van der Waals surface area contributed by atoms with Gasteiger partial charge in [0, 0.05) is 12.4 Å². The lowest BCUT2D eigenvalue weighted by Gasteiger charge is -1.95. The van der Waals surface area contributed by atoms with Crippen LogP contribution in [0.15, 0.2) is 42.7 Å². The smallest absolute Gasteiger partial charge is 0.0622 e. The molecule has 0 amide bonds. The number of hydrogen-bond acceptors (Lipinski definition) is 1. The van der Waals surface area contributed by atoms with Gasteiger partial charge < -0.3 is 4.40 Å². The van der Waals surface area contributed by atoms with E-state index in [1.807, 2.05) is 22.7 Å². The van der Waals surface area contributed by atoms with E-state index in [4.69, 9.17) is 5.41 Å². The summed E-state index contributed by atoms with van der Waals surface area (Å²) in [5, 5.41) is 10.4. The van der Waals surface area contributed by atoms with Gasteiger partial charge in [-0.25, -0.2) is 0 Å². The highest BCUT2D eigenvalue weighted by molar-refractivity contribution is 5.87. The van der Waals surface area contributed by atoms with Crippen molar-refractivity contribution in [3.63, 3.8) is 0 Å². The Morgan fingerprint density at radius 1 is 1.14 bits per heavy atom. The Labute approximate surface area is 80.6 Å². The van der Waals surface area contributed by atoms with Crippen LogP contribution in [-0.2, 0) is 0 Å². The molecule has 2 nitrogen and oxygen atoms in total. The van der Waals surface area contributed by atoms with Crippen molar-refractivity contribution < 1.29 is 0 Å². The summed E-state index contributed by atoms with van der Waals surface area (Å²) >= 11 is 0. The van der Waals surface area contributed by atoms with Crippen LogP contribution in [0.2, 0.25) is 0 Å². The van der Waals surface area contributed by atoms with Gasteiger partial charge in [0.2, 0.25) is 0 Å². The zero-order valence-electron chi connectivity index (χ0n) is 7.49. The zero-order valence-corrected chi connectivity index (χ0v) is 7.49. The molecule has 0 fully saturated rings. The van der Waals surface area contributed by atoms with Crippen molar-refractivity contribution in [2.75, 3.05) is 0 Å². The topological polar surface area (TPSA) is 28.3 Å². The van der Waals surface area contributed by atoms with Gasteiger partial charge in [0.25, 0.3) is 0 Å². The predicted octanol–water partition coefficient (Wildman–Crippen LogP) is 1.73. The number of rotatable bonds is 0. The van der Waals surface area contributed by atoms with E-state index in [1.165, 1.54) is 10.8 Å². The molecule has 0 saturated heterocycles. The average Bonchev–Trinajstić information content (AvgIpc) is 2.78. The second kappa shape index (κ2) is 2.47. The van der Waals surface area contributed by atoms with E-state index in [0.717, 1.165) is 10.7 Å². The molecule has 2 heterocycles. The van der Waals surface area contributed by atoms with Crippen molar-refractivity contribution in [2.45, 2.75) is 0 Å². The first-order valence-electron chi connectivity index (χ1n) is 4.47. The highest BCUT2D eigenvalue weighted by Crippen LogP contribution is 2.15. The van der Waals surface area contributed by atoms with E-state index < -0.39 is 0 Å². The Balaban J connectivity index is 2.66. The summed E-state index contributed by atoms with van der Waals surface area (Å²) in [4.78, 5) is 0. The highest BCUT2D eigenvalue weighted by Gasteiger charge is 1.98. The molecule has 0 aliphatic heterocycles. The van der Waals surface area contributed by atoms with Crippen molar-refractivity contribution >= 4 is 22.2 Å². The van der Waals surface area contributed by atoms with Crippen LogP contribution in [0.4, 0.5) is 0 Å². The van der Waals surface area contributed by atoms with E-state index in [2.05, 4.69) is 30.3 Å². The second-order valence-electron chi connectivity index (χ2n) is 3.36. The number of nitrogens with one attached hydrogen (secondary N) is 1. The second-order valence-corrected chi connectivity index (χ2v) is 3.36. The summed E-state index contributed by atoms with van der Waals surface area (Å²) in [6.07, 6.45) is 4.03. The number of pyridine rings is 1. The standard InChI is InChI=1S/C12H8N2/c13-7-10-4-5-14-8-11-3-1-2-9(11)6-12(10)14/h1-6,8,13H. The van der Waals surface area contributed by atoms with Gasteiger partial charge in [0.05, 0.1) is 10.7 Å². The fourth-order valence-corrected chi connectivity index (χ4v) is 1.82. The fraction of sp³-hybridized carbons (Fsp3) is 0. The van der Waals surface area contributed by atoms with Crippen LogP contribution >= 0.6 is 0 Å². The molecule has 66 valence electrons. The van der Waals surface area contributed by atoms with E-state index >= 15 is 0 Å². The first-order valence-corrected chi connectivity index (χ1v) is 4.47. The van der Waals surface area contributed by atoms with Crippen LogP contribution in [0.1, 0.15) is 0 Å². The first-order chi connectivity index (χ1) is 6.88. The first kappa shape index (κ1) is 7.36. The van der Waals surface area contributed by atoms with E-state index in [0.29, 0.717) is 0 Å². The third-order valence-corrected chi connectivity index (χ3v) is 2.55. The van der Waals surface area contributed by atoms with Gasteiger partial charge in [-0.05, 0) is 28.8 Å². The third-order valence-electron chi connectivity index (χ3n) is 2.55. The van der Waals surface area contributed by atoms with Crippen molar-refractivity contribution in [1.29, 1.82) is 5.41 Å². The fourth-order valence-electron chi connectivity index (χ4n) is 1.82. The van der Waals surface area contributed by atoms with Crippen LogP contribution in [0.5, 0.6) is 0 Å². The van der Waals surface area contributed by atoms with E-state index in [9.17, 15) is 0 Å². The summed E-state index contributed by atoms with van der Waals surface area (Å²) in [6, 6.07) is 10.2. The summed E-state index contributed by atoms with van der Waals surface area (Å²) in [6.45, 7) is 0. The van der Waals surface area contributed by atoms with Crippen molar-refractivity contribution in [2.24, 2.45) is 0 Å². The molecular formula is C12H8N2. The van der Waals surface area contributed by atoms with Gasteiger partial charge in [0.15, 0.2) is 0 Å². The minimum Gasteiger partial charge on any atom is -0.322 e. The van der Waals surface area contributed by atoms with Crippen LogP contribution in [0.3, 0.4) is 0 Å². The molecule has 2 aromatic heterocycles. The Morgan fingerprint density at radius 3 is 2.86 bits per heavy atom. The molecule has 0 spiro atoms. The Morgan fingerprint density at radius 2 is 2.00 bits per heavy atom. The van der Waals surface area contributed by atoms with Crippen molar-refractivity contribution in [1.82, 2.24) is 4.40 Å². The summed E-state index contributed by atoms with van der Waals surface area (Å²) in [5.74, 6) is 2.44. The molecule has 3 rings (SSSR count). The van der Waals surface area contributed by atoms with E-state index in [1.54, 1.807) is 0 Å². The van der Waals surface area contributed by atoms with Gasteiger partial charge in [-0.2, -0.15) is 0 Å². The Hall–Kier alpha value is -2.05. The van der Waals surface area contributed by atoms with Crippen LogP contribution in [-0.4, -0.2) is 10.3 Å². The number of hydrogen-bond donors (Lipinski definition) is 1. The summed E-state index contributed by atoms with van der Waals surface area (Å²) < 4.78 is 2.03. The van der Waals surface area contributed by atoms with Gasteiger partial charge in [0.1, 0.15) is 0 Å². The van der Waals surface area contributed by atoms with Crippen LogP contribution in [0, 0.1) is 5.41 Å². The number of nitrogens with zero attached hydrogens (tertiary/aromatic N) is 1. The van der Waals surface area contributed by atoms with Crippen LogP contribution in [0.25, 0.3) is 16.3 Å². The molecule has 14 heavy (non-hydrogen) atoms. The largest absolute Gasteiger partial charge is 0.322 e. The van der Waals surface area contributed by atoms with Gasteiger partial charge in [-0.15, -0.1) is 0 Å². The molecule has 3 aromatic rings. The molecule has 0 aliphatic rings. The van der Waals surface area contributed by atoms with Crippen LogP contribution < -0.4 is 5.22 Å². The highest BCUT2D eigenvalue weighted by atomic mass is 14.8. The maximum atomic E-state index is 7.15. The number of fused-ring (bicyclic) bond motifs is 2. The normalized spacial score (nSPS) is 10.9. The molecule has 1 aromatic carbocycles. The van der Waals surface area contributed by atoms with E-state index in [-0.39, 0.29) is 0 Å². The Bertz CT molecular complexity index is 688. The molecular weight excluding hydrogens is 172 g/mol. The van der Waals surface area contributed by atoms with Gasteiger partial charge >= 0.3 is 0 Å².